The monoisotopic (exact) mass is 160 g/mol. The highest BCUT2D eigenvalue weighted by Crippen LogP contribution is 2.33. The van der Waals surface area contributed by atoms with E-state index in [1.165, 1.54) is 25.7 Å². The minimum Gasteiger partial charge on any atom is -0.441 e. The van der Waals surface area contributed by atoms with Gasteiger partial charge < -0.3 is 4.74 Å². The molecule has 0 aliphatic carbocycles. The average molecular weight is 161 g/mol. The second kappa shape index (κ2) is 3.87. The van der Waals surface area contributed by atoms with Crippen LogP contribution in [0.1, 0.15) is 39.0 Å². The Kier molecular flexibility index (Phi) is 3.07. The largest absolute Gasteiger partial charge is 0.441 e. The van der Waals surface area contributed by atoms with Gasteiger partial charge in [0.05, 0.1) is 0 Å². The zero-order valence-electron chi connectivity index (χ0n) is 6.32. The van der Waals surface area contributed by atoms with Crippen LogP contribution in [0.25, 0.3) is 0 Å². The van der Waals surface area contributed by atoms with Crippen molar-refractivity contribution in [2.24, 2.45) is 0 Å². The molecular weight excluding hydrogens is 148 g/mol. The lowest BCUT2D eigenvalue weighted by atomic mass is 10.1. The van der Waals surface area contributed by atoms with E-state index in [4.69, 9.17) is 16.3 Å². The number of allylic oxidation sites excluding steroid dienone is 1. The van der Waals surface area contributed by atoms with Gasteiger partial charge in [-0.05, 0) is 18.0 Å². The van der Waals surface area contributed by atoms with Crippen molar-refractivity contribution in [3.05, 3.63) is 11.0 Å². The van der Waals surface area contributed by atoms with Crippen LogP contribution in [-0.4, -0.2) is 0 Å². The van der Waals surface area contributed by atoms with Crippen LogP contribution in [-0.2, 0) is 4.74 Å². The van der Waals surface area contributed by atoms with Crippen LogP contribution >= 0.6 is 11.6 Å². The van der Waals surface area contributed by atoms with E-state index >= 15 is 0 Å². The van der Waals surface area contributed by atoms with Gasteiger partial charge in [-0.1, -0.05) is 26.2 Å². The molecule has 0 saturated carbocycles. The minimum atomic E-state index is 0.636. The molecule has 0 radical (unpaired) electrons. The molecule has 0 atom stereocenters. The Bertz CT molecular complexity index is 140. The number of hydrogen-bond acceptors (Lipinski definition) is 1. The molecule has 10 heavy (non-hydrogen) atoms. The quantitative estimate of drug-likeness (QED) is 0.562. The maximum absolute atomic E-state index is 5.52. The summed E-state index contributed by atoms with van der Waals surface area (Å²) in [5, 5.41) is 0.636. The van der Waals surface area contributed by atoms with Crippen LogP contribution in [0.2, 0.25) is 0 Å². The molecule has 58 valence electrons. The van der Waals surface area contributed by atoms with E-state index in [9.17, 15) is 0 Å². The lowest BCUT2D eigenvalue weighted by Crippen LogP contribution is -1.74. The third-order valence-electron chi connectivity index (χ3n) is 1.65. The molecule has 2 heteroatoms. The molecule has 0 aromatic rings. The van der Waals surface area contributed by atoms with Gasteiger partial charge in [0.2, 0.25) is 5.22 Å². The van der Waals surface area contributed by atoms with Crippen LogP contribution in [0.3, 0.4) is 0 Å². The molecule has 1 nitrogen and oxygen atoms in total. The maximum atomic E-state index is 5.52. The summed E-state index contributed by atoms with van der Waals surface area (Å²) in [5.41, 5.74) is 0. The predicted molar refractivity (Wildman–Crippen MR) is 42.7 cm³/mol. The summed E-state index contributed by atoms with van der Waals surface area (Å²) in [6, 6.07) is 0. The highest BCUT2D eigenvalue weighted by molar-refractivity contribution is 6.30. The van der Waals surface area contributed by atoms with Crippen molar-refractivity contribution in [3.8, 4) is 0 Å². The zero-order valence-corrected chi connectivity index (χ0v) is 7.08. The predicted octanol–water partition coefficient (Wildman–Crippen LogP) is 3.39. The molecule has 1 aliphatic heterocycles. The Hall–Kier alpha value is -0.170. The van der Waals surface area contributed by atoms with Crippen molar-refractivity contribution in [2.75, 3.05) is 0 Å². The zero-order chi connectivity index (χ0) is 7.40. The maximum Gasteiger partial charge on any atom is 0.232 e. The second-order valence-electron chi connectivity index (χ2n) is 2.61. The van der Waals surface area contributed by atoms with Crippen molar-refractivity contribution < 1.29 is 4.74 Å². The second-order valence-corrected chi connectivity index (χ2v) is 2.95. The molecule has 1 aliphatic rings. The van der Waals surface area contributed by atoms with Gasteiger partial charge in [-0.3, -0.25) is 0 Å². The number of rotatable bonds is 5. The molecule has 0 N–H and O–H groups in total. The highest BCUT2D eigenvalue weighted by atomic mass is 35.5. The van der Waals surface area contributed by atoms with E-state index in [2.05, 4.69) is 6.92 Å². The molecule has 0 fully saturated rings. The van der Waals surface area contributed by atoms with Gasteiger partial charge in [0.25, 0.3) is 0 Å². The van der Waals surface area contributed by atoms with Gasteiger partial charge in [-0.25, -0.2) is 0 Å². The third kappa shape index (κ3) is 2.61. The van der Waals surface area contributed by atoms with Crippen molar-refractivity contribution in [2.45, 2.75) is 39.0 Å². The van der Waals surface area contributed by atoms with E-state index in [1.807, 2.05) is 0 Å². The molecule has 1 heterocycles. The van der Waals surface area contributed by atoms with Crippen LogP contribution in [0.15, 0.2) is 11.0 Å². The topological polar surface area (TPSA) is 12.5 Å². The molecular formula is C8H13ClO. The Morgan fingerprint density at radius 3 is 2.50 bits per heavy atom. The number of ether oxygens (including phenoxy) is 1. The molecule has 1 rings (SSSR count). The standard InChI is InChI=1S/C8H13ClO/c1-2-3-4-5-6-7-8(9)10-7/h2-6H2,1H3. The average Bonchev–Trinajstić information content (AvgIpc) is 2.60. The Balaban J connectivity index is 1.87. The van der Waals surface area contributed by atoms with Gasteiger partial charge in [0, 0.05) is 6.42 Å². The summed E-state index contributed by atoms with van der Waals surface area (Å²) in [7, 11) is 0. The first-order valence-corrected chi connectivity index (χ1v) is 4.29. The fourth-order valence-electron chi connectivity index (χ4n) is 0.944. The van der Waals surface area contributed by atoms with Crippen LogP contribution in [0, 0.1) is 0 Å². The number of unbranched alkanes of at least 4 members (excludes halogenated alkanes) is 3. The Morgan fingerprint density at radius 2 is 2.00 bits per heavy atom. The molecule has 0 bridgehead atoms. The number of hydrogen-bond donors (Lipinski definition) is 0. The van der Waals surface area contributed by atoms with Gasteiger partial charge in [-0.15, -0.1) is 0 Å². The van der Waals surface area contributed by atoms with Gasteiger partial charge in [0.1, 0.15) is 0 Å². The first-order valence-electron chi connectivity index (χ1n) is 3.91. The molecule has 0 spiro atoms. The molecule has 0 unspecified atom stereocenters. The summed E-state index contributed by atoms with van der Waals surface area (Å²) < 4.78 is 4.90. The van der Waals surface area contributed by atoms with E-state index in [0.717, 1.165) is 12.2 Å². The fourth-order valence-corrected chi connectivity index (χ4v) is 1.13. The summed E-state index contributed by atoms with van der Waals surface area (Å²) in [6.45, 7) is 2.21. The SMILES string of the molecule is CCCCCCC1=C(Cl)O1. The first kappa shape index (κ1) is 7.93. The summed E-state index contributed by atoms with van der Waals surface area (Å²) in [5.74, 6) is 1.01. The molecule has 0 saturated heterocycles. The molecule has 0 aromatic heterocycles. The van der Waals surface area contributed by atoms with Gasteiger partial charge >= 0.3 is 0 Å². The summed E-state index contributed by atoms with van der Waals surface area (Å²) in [6.07, 6.45) is 6.17. The van der Waals surface area contributed by atoms with Crippen LogP contribution < -0.4 is 0 Å². The molecule has 0 aromatic carbocycles. The normalized spacial score (nSPS) is 15.4. The smallest absolute Gasteiger partial charge is 0.232 e. The van der Waals surface area contributed by atoms with E-state index in [-0.39, 0.29) is 0 Å². The van der Waals surface area contributed by atoms with Crippen LogP contribution in [0.4, 0.5) is 0 Å². The van der Waals surface area contributed by atoms with Crippen molar-refractivity contribution in [3.63, 3.8) is 0 Å². The lowest BCUT2D eigenvalue weighted by molar-refractivity contribution is 0.464. The highest BCUT2D eigenvalue weighted by Gasteiger charge is 2.20. The van der Waals surface area contributed by atoms with Crippen molar-refractivity contribution in [1.82, 2.24) is 0 Å². The van der Waals surface area contributed by atoms with Gasteiger partial charge in [0.15, 0.2) is 5.76 Å². The lowest BCUT2D eigenvalue weighted by Gasteiger charge is -1.92. The Labute approximate surface area is 67.0 Å². The summed E-state index contributed by atoms with van der Waals surface area (Å²) >= 11 is 5.52. The van der Waals surface area contributed by atoms with Crippen molar-refractivity contribution >= 4 is 11.6 Å². The van der Waals surface area contributed by atoms with Gasteiger partial charge in [-0.2, -0.15) is 0 Å². The van der Waals surface area contributed by atoms with E-state index in [0.29, 0.717) is 5.22 Å². The summed E-state index contributed by atoms with van der Waals surface area (Å²) in [4.78, 5) is 0. The fraction of sp³-hybridized carbons (Fsp3) is 0.750. The van der Waals surface area contributed by atoms with E-state index < -0.39 is 0 Å². The van der Waals surface area contributed by atoms with Crippen molar-refractivity contribution in [1.29, 1.82) is 0 Å². The number of halogens is 1. The third-order valence-corrected chi connectivity index (χ3v) is 1.94. The Morgan fingerprint density at radius 1 is 1.30 bits per heavy atom. The molecule has 0 amide bonds. The minimum absolute atomic E-state index is 0.636. The first-order chi connectivity index (χ1) is 4.84. The van der Waals surface area contributed by atoms with E-state index in [1.54, 1.807) is 0 Å². The van der Waals surface area contributed by atoms with Crippen LogP contribution in [0.5, 0.6) is 0 Å².